The summed E-state index contributed by atoms with van der Waals surface area (Å²) in [6, 6.07) is 0.666. The minimum absolute atomic E-state index is 0.666. The first-order valence-corrected chi connectivity index (χ1v) is 5.50. The second-order valence-electron chi connectivity index (χ2n) is 4.21. The predicted octanol–water partition coefficient (Wildman–Crippen LogP) is 2.03. The molecule has 2 rings (SSSR count). The third kappa shape index (κ3) is 1.82. The van der Waals surface area contributed by atoms with Crippen molar-refractivity contribution < 1.29 is 0 Å². The molecule has 1 aromatic heterocycles. The van der Waals surface area contributed by atoms with Crippen LogP contribution in [0.3, 0.4) is 0 Å². The Bertz CT molecular complexity index is 297. The summed E-state index contributed by atoms with van der Waals surface area (Å²) in [6.45, 7) is 3.02. The van der Waals surface area contributed by atoms with E-state index >= 15 is 0 Å². The third-order valence-corrected chi connectivity index (χ3v) is 3.06. The Morgan fingerprint density at radius 1 is 1.50 bits per heavy atom. The van der Waals surface area contributed by atoms with Crippen molar-refractivity contribution in [3.05, 3.63) is 17.5 Å². The third-order valence-electron chi connectivity index (χ3n) is 3.06. The standard InChI is InChI=1S/C11H19N3/c1-9-8-14(10-5-3-4-6-10)13-11(9)7-12-2/h8,10,12H,3-7H2,1-2H3. The number of aromatic nitrogens is 2. The molecule has 1 heterocycles. The Balaban J connectivity index is 2.14. The molecule has 0 saturated heterocycles. The molecule has 0 amide bonds. The van der Waals surface area contributed by atoms with Gasteiger partial charge in [-0.05, 0) is 32.4 Å². The summed E-state index contributed by atoms with van der Waals surface area (Å²) in [5, 5.41) is 7.79. The van der Waals surface area contributed by atoms with Crippen LogP contribution in [0, 0.1) is 6.92 Å². The van der Waals surface area contributed by atoms with Crippen molar-refractivity contribution >= 4 is 0 Å². The van der Waals surface area contributed by atoms with Crippen LogP contribution in [0.5, 0.6) is 0 Å². The van der Waals surface area contributed by atoms with E-state index in [1.807, 2.05) is 7.05 Å². The lowest BCUT2D eigenvalue weighted by atomic mass is 10.2. The molecule has 1 aliphatic rings. The topological polar surface area (TPSA) is 29.9 Å². The van der Waals surface area contributed by atoms with Gasteiger partial charge in [-0.25, -0.2) is 0 Å². The Morgan fingerprint density at radius 2 is 2.21 bits per heavy atom. The molecule has 1 aromatic rings. The molecule has 14 heavy (non-hydrogen) atoms. The van der Waals surface area contributed by atoms with Gasteiger partial charge in [0.2, 0.25) is 0 Å². The highest BCUT2D eigenvalue weighted by atomic mass is 15.3. The van der Waals surface area contributed by atoms with E-state index in [0.717, 1.165) is 6.54 Å². The van der Waals surface area contributed by atoms with Gasteiger partial charge in [-0.2, -0.15) is 5.10 Å². The van der Waals surface area contributed by atoms with Crippen LogP contribution in [-0.2, 0) is 6.54 Å². The fourth-order valence-corrected chi connectivity index (χ4v) is 2.22. The second-order valence-corrected chi connectivity index (χ2v) is 4.21. The summed E-state index contributed by atoms with van der Waals surface area (Å²) in [5.74, 6) is 0. The molecule has 0 aromatic carbocycles. The summed E-state index contributed by atoms with van der Waals surface area (Å²) in [5.41, 5.74) is 2.51. The van der Waals surface area contributed by atoms with Crippen molar-refractivity contribution in [3.63, 3.8) is 0 Å². The Kier molecular flexibility index (Phi) is 2.87. The number of hydrogen-bond acceptors (Lipinski definition) is 2. The zero-order chi connectivity index (χ0) is 9.97. The molecular formula is C11H19N3. The molecule has 3 nitrogen and oxygen atoms in total. The normalized spacial score (nSPS) is 17.9. The number of aryl methyl sites for hydroxylation is 1. The van der Waals surface area contributed by atoms with Crippen molar-refractivity contribution in [2.75, 3.05) is 7.05 Å². The first kappa shape index (κ1) is 9.71. The van der Waals surface area contributed by atoms with E-state index in [1.165, 1.54) is 36.9 Å². The highest BCUT2D eigenvalue weighted by Crippen LogP contribution is 2.29. The van der Waals surface area contributed by atoms with E-state index in [4.69, 9.17) is 0 Å². The molecule has 78 valence electrons. The average molecular weight is 193 g/mol. The molecule has 0 bridgehead atoms. The number of nitrogens with zero attached hydrogens (tertiary/aromatic N) is 2. The Morgan fingerprint density at radius 3 is 2.86 bits per heavy atom. The quantitative estimate of drug-likeness (QED) is 0.796. The van der Waals surface area contributed by atoms with Gasteiger partial charge in [0, 0.05) is 12.7 Å². The van der Waals surface area contributed by atoms with Crippen LogP contribution in [-0.4, -0.2) is 16.8 Å². The monoisotopic (exact) mass is 193 g/mol. The predicted molar refractivity (Wildman–Crippen MR) is 57.2 cm³/mol. The summed E-state index contributed by atoms with van der Waals surface area (Å²) >= 11 is 0. The minimum atomic E-state index is 0.666. The Labute approximate surface area is 85.5 Å². The van der Waals surface area contributed by atoms with Crippen molar-refractivity contribution in [2.24, 2.45) is 0 Å². The fourth-order valence-electron chi connectivity index (χ4n) is 2.22. The zero-order valence-corrected chi connectivity index (χ0v) is 9.08. The van der Waals surface area contributed by atoms with E-state index in [2.05, 4.69) is 28.2 Å². The van der Waals surface area contributed by atoms with Gasteiger partial charge in [0.1, 0.15) is 0 Å². The van der Waals surface area contributed by atoms with E-state index in [1.54, 1.807) is 0 Å². The van der Waals surface area contributed by atoms with E-state index < -0.39 is 0 Å². The Hall–Kier alpha value is -0.830. The summed E-state index contributed by atoms with van der Waals surface area (Å²) in [7, 11) is 1.97. The first-order chi connectivity index (χ1) is 6.81. The van der Waals surface area contributed by atoms with Gasteiger partial charge in [0.15, 0.2) is 0 Å². The molecule has 1 N–H and O–H groups in total. The molecule has 0 unspecified atom stereocenters. The minimum Gasteiger partial charge on any atom is -0.314 e. The van der Waals surface area contributed by atoms with E-state index in [9.17, 15) is 0 Å². The highest BCUT2D eigenvalue weighted by Gasteiger charge is 2.18. The highest BCUT2D eigenvalue weighted by molar-refractivity contribution is 5.15. The van der Waals surface area contributed by atoms with Gasteiger partial charge < -0.3 is 5.32 Å². The molecule has 1 saturated carbocycles. The molecule has 0 spiro atoms. The van der Waals surface area contributed by atoms with Gasteiger partial charge >= 0.3 is 0 Å². The molecular weight excluding hydrogens is 174 g/mol. The van der Waals surface area contributed by atoms with Crippen LogP contribution < -0.4 is 5.32 Å². The van der Waals surface area contributed by atoms with Crippen LogP contribution in [0.15, 0.2) is 6.20 Å². The lowest BCUT2D eigenvalue weighted by Crippen LogP contribution is -2.09. The molecule has 3 heteroatoms. The van der Waals surface area contributed by atoms with E-state index in [-0.39, 0.29) is 0 Å². The van der Waals surface area contributed by atoms with Crippen LogP contribution in [0.25, 0.3) is 0 Å². The summed E-state index contributed by atoms with van der Waals surface area (Å²) in [6.07, 6.45) is 7.54. The lowest BCUT2D eigenvalue weighted by molar-refractivity contribution is 0.461. The van der Waals surface area contributed by atoms with Crippen LogP contribution >= 0.6 is 0 Å². The summed E-state index contributed by atoms with van der Waals surface area (Å²) in [4.78, 5) is 0. The van der Waals surface area contributed by atoms with E-state index in [0.29, 0.717) is 6.04 Å². The van der Waals surface area contributed by atoms with Crippen LogP contribution in [0.2, 0.25) is 0 Å². The van der Waals surface area contributed by atoms with Gasteiger partial charge in [0.05, 0.1) is 11.7 Å². The van der Waals surface area contributed by atoms with Crippen molar-refractivity contribution in [2.45, 2.75) is 45.2 Å². The SMILES string of the molecule is CNCc1nn(C2CCCC2)cc1C. The zero-order valence-electron chi connectivity index (χ0n) is 9.08. The number of rotatable bonds is 3. The van der Waals surface area contributed by atoms with Gasteiger partial charge in [-0.15, -0.1) is 0 Å². The molecule has 0 aliphatic heterocycles. The smallest absolute Gasteiger partial charge is 0.0791 e. The van der Waals surface area contributed by atoms with Crippen molar-refractivity contribution in [3.8, 4) is 0 Å². The molecule has 0 radical (unpaired) electrons. The van der Waals surface area contributed by atoms with Gasteiger partial charge in [-0.3, -0.25) is 4.68 Å². The second kappa shape index (κ2) is 4.13. The molecule has 0 atom stereocenters. The largest absolute Gasteiger partial charge is 0.314 e. The summed E-state index contributed by atoms with van der Waals surface area (Å²) < 4.78 is 2.18. The number of nitrogens with one attached hydrogen (secondary N) is 1. The fraction of sp³-hybridized carbons (Fsp3) is 0.727. The maximum atomic E-state index is 4.64. The number of hydrogen-bond donors (Lipinski definition) is 1. The molecule has 1 fully saturated rings. The maximum Gasteiger partial charge on any atom is 0.0791 e. The molecule has 1 aliphatic carbocycles. The van der Waals surface area contributed by atoms with Crippen LogP contribution in [0.4, 0.5) is 0 Å². The van der Waals surface area contributed by atoms with Crippen molar-refractivity contribution in [1.82, 2.24) is 15.1 Å². The van der Waals surface area contributed by atoms with Crippen LogP contribution in [0.1, 0.15) is 43.0 Å². The van der Waals surface area contributed by atoms with Crippen molar-refractivity contribution in [1.29, 1.82) is 0 Å². The average Bonchev–Trinajstić information content (AvgIpc) is 2.76. The van der Waals surface area contributed by atoms with Gasteiger partial charge in [-0.1, -0.05) is 12.8 Å². The first-order valence-electron chi connectivity index (χ1n) is 5.50. The lowest BCUT2D eigenvalue weighted by Gasteiger charge is -2.08. The van der Waals surface area contributed by atoms with Gasteiger partial charge in [0.25, 0.3) is 0 Å². The maximum absolute atomic E-state index is 4.64.